The summed E-state index contributed by atoms with van der Waals surface area (Å²) in [4.78, 5) is 24.3. The second-order valence-electron chi connectivity index (χ2n) is 13.7. The van der Waals surface area contributed by atoms with E-state index in [1.54, 1.807) is 6.92 Å². The summed E-state index contributed by atoms with van der Waals surface area (Å²) in [6, 6.07) is 0. The first-order valence-corrected chi connectivity index (χ1v) is 18.3. The zero-order valence-electron chi connectivity index (χ0n) is 28.4. The van der Waals surface area contributed by atoms with Crippen LogP contribution in [0.3, 0.4) is 0 Å². The molecular formula is C33H60N10O3S. The number of thiocarbonyl (C=S) groups is 1. The van der Waals surface area contributed by atoms with Crippen LogP contribution in [-0.2, 0) is 9.53 Å². The molecule has 2 aliphatic carbocycles. The van der Waals surface area contributed by atoms with Crippen molar-refractivity contribution >= 4 is 29.3 Å². The smallest absolute Gasteiger partial charge is 0.407 e. The Morgan fingerprint density at radius 1 is 0.702 bits per heavy atom. The van der Waals surface area contributed by atoms with E-state index in [1.807, 2.05) is 0 Å². The van der Waals surface area contributed by atoms with Crippen molar-refractivity contribution in [2.45, 2.75) is 62.9 Å². The number of rotatable bonds is 10. The summed E-state index contributed by atoms with van der Waals surface area (Å²) in [6.45, 7) is 12.4. The monoisotopic (exact) mass is 676 g/mol. The third kappa shape index (κ3) is 13.6. The van der Waals surface area contributed by atoms with E-state index >= 15 is 0 Å². The Kier molecular flexibility index (Phi) is 16.2. The van der Waals surface area contributed by atoms with Crippen molar-refractivity contribution in [3.8, 4) is 11.8 Å². The molecule has 3 atom stereocenters. The lowest BCUT2D eigenvalue weighted by atomic mass is 9.97. The van der Waals surface area contributed by atoms with Crippen molar-refractivity contribution in [1.82, 2.24) is 53.2 Å². The molecule has 5 rings (SSSR count). The topological polar surface area (TPSA) is 164 Å². The second-order valence-corrected chi connectivity index (χ2v) is 14.1. The maximum Gasteiger partial charge on any atom is 0.407 e. The van der Waals surface area contributed by atoms with E-state index in [1.165, 1.54) is 0 Å². The molecule has 3 heterocycles. The van der Waals surface area contributed by atoms with Gasteiger partial charge in [-0.3, -0.25) is 4.79 Å². The number of carbonyl (C=O) groups is 2. The minimum Gasteiger partial charge on any atom is -0.449 e. The van der Waals surface area contributed by atoms with E-state index in [9.17, 15) is 9.59 Å². The normalized spacial score (nSPS) is 30.4. The molecule has 13 nitrogen and oxygen atoms in total. The number of carbonyl (C=O) groups excluding carboxylic acids is 2. The highest BCUT2D eigenvalue weighted by atomic mass is 32.1. The molecule has 10 N–H and O–H groups in total. The van der Waals surface area contributed by atoms with E-state index in [2.05, 4.69) is 65.0 Å². The highest BCUT2D eigenvalue weighted by molar-refractivity contribution is 7.80. The molecule has 47 heavy (non-hydrogen) atoms. The van der Waals surface area contributed by atoms with Gasteiger partial charge in [0.2, 0.25) is 5.91 Å². The van der Waals surface area contributed by atoms with Crippen LogP contribution in [0.4, 0.5) is 4.79 Å². The van der Waals surface area contributed by atoms with Crippen molar-refractivity contribution in [3.05, 3.63) is 0 Å². The summed E-state index contributed by atoms with van der Waals surface area (Å²) >= 11 is 5.77. The van der Waals surface area contributed by atoms with Gasteiger partial charge in [0.1, 0.15) is 0 Å². The molecule has 5 aliphatic rings. The van der Waals surface area contributed by atoms with Gasteiger partial charge in [-0.15, -0.1) is 11.8 Å². The first-order chi connectivity index (χ1) is 22.9. The van der Waals surface area contributed by atoms with Crippen molar-refractivity contribution in [1.29, 1.82) is 0 Å². The van der Waals surface area contributed by atoms with Crippen LogP contribution in [0, 0.1) is 29.6 Å². The largest absolute Gasteiger partial charge is 0.449 e. The highest BCUT2D eigenvalue weighted by Crippen LogP contribution is 2.52. The van der Waals surface area contributed by atoms with E-state index in [-0.39, 0.29) is 17.5 Å². The van der Waals surface area contributed by atoms with E-state index in [0.717, 1.165) is 110 Å². The Hall–Kier alpha value is -2.25. The van der Waals surface area contributed by atoms with Crippen LogP contribution in [0.25, 0.3) is 0 Å². The van der Waals surface area contributed by atoms with Gasteiger partial charge in [-0.05, 0) is 62.1 Å². The molecule has 14 heteroatoms. The maximum absolute atomic E-state index is 12.2. The van der Waals surface area contributed by atoms with Gasteiger partial charge in [0.15, 0.2) is 5.11 Å². The highest BCUT2D eigenvalue weighted by Gasteiger charge is 2.49. The molecule has 0 aromatic rings. The minimum atomic E-state index is -0.407. The first kappa shape index (κ1) is 37.6. The van der Waals surface area contributed by atoms with Crippen LogP contribution >= 0.6 is 12.2 Å². The number of nitrogens with one attached hydrogen (secondary N) is 10. The second kappa shape index (κ2) is 20.3. The Morgan fingerprint density at radius 3 is 1.62 bits per heavy atom. The Labute approximate surface area is 287 Å². The van der Waals surface area contributed by atoms with Gasteiger partial charge in [-0.2, -0.15) is 0 Å². The third-order valence-corrected chi connectivity index (χ3v) is 9.94. The van der Waals surface area contributed by atoms with Crippen molar-refractivity contribution < 1.29 is 14.3 Å². The zero-order chi connectivity index (χ0) is 33.2. The van der Waals surface area contributed by atoms with Crippen LogP contribution < -0.4 is 53.2 Å². The Morgan fingerprint density at radius 2 is 1.15 bits per heavy atom. The van der Waals surface area contributed by atoms with Crippen LogP contribution in [0.2, 0.25) is 0 Å². The number of hydrogen-bond donors (Lipinski definition) is 10. The molecule has 0 spiro atoms. The van der Waals surface area contributed by atoms with Gasteiger partial charge in [0.05, 0.1) is 17.7 Å². The van der Waals surface area contributed by atoms with Crippen molar-refractivity contribution in [2.75, 3.05) is 98.2 Å². The summed E-state index contributed by atoms with van der Waals surface area (Å²) in [6.07, 6.45) is 6.77. The van der Waals surface area contributed by atoms with E-state index in [0.29, 0.717) is 55.7 Å². The van der Waals surface area contributed by atoms with Gasteiger partial charge in [0, 0.05) is 111 Å². The lowest BCUT2D eigenvalue weighted by Gasteiger charge is -2.39. The Balaban J connectivity index is 1.14. The van der Waals surface area contributed by atoms with Gasteiger partial charge in [0.25, 0.3) is 0 Å². The number of alkyl carbamates (subject to hydrolysis) is 1. The predicted octanol–water partition coefficient (Wildman–Crippen LogP) is -1.03. The molecule has 0 aromatic heterocycles. The predicted molar refractivity (Wildman–Crippen MR) is 190 cm³/mol. The van der Waals surface area contributed by atoms with Crippen molar-refractivity contribution in [3.63, 3.8) is 0 Å². The van der Waals surface area contributed by atoms with Gasteiger partial charge in [-0.1, -0.05) is 0 Å². The lowest BCUT2D eigenvalue weighted by molar-refractivity contribution is -0.120. The fourth-order valence-electron chi connectivity index (χ4n) is 7.12. The standard InChI is InChI=1S/C33H60N10O3S/c1-26(44)42-32-20-34-13-16-37-23-33(24-38-17-14-35-21-32,25-39-18-15-36-22-32)43-30(47)40-11-7-4-8-12-41-31(45)46-19-29-27-9-5-2-3-6-10-28(27)29/h27-29,34-39H,4-25H2,1H3,(H,41,45)(H,42,44)(H2,40,43,47)/t27-,28+,29?,32?,33?. The number of ether oxygens (including phenoxy) is 1. The van der Waals surface area contributed by atoms with E-state index in [4.69, 9.17) is 17.0 Å². The molecule has 266 valence electrons. The molecule has 2 bridgehead atoms. The van der Waals surface area contributed by atoms with Gasteiger partial charge < -0.3 is 57.9 Å². The molecule has 0 radical (unpaired) electrons. The summed E-state index contributed by atoms with van der Waals surface area (Å²) in [7, 11) is 0. The zero-order valence-corrected chi connectivity index (χ0v) is 29.2. The lowest BCUT2D eigenvalue weighted by Crippen LogP contribution is -2.68. The van der Waals surface area contributed by atoms with Gasteiger partial charge >= 0.3 is 6.09 Å². The average Bonchev–Trinajstić information content (AvgIpc) is 3.68. The molecule has 1 saturated carbocycles. The molecule has 0 aromatic carbocycles. The van der Waals surface area contributed by atoms with Crippen LogP contribution in [0.1, 0.15) is 51.9 Å². The minimum absolute atomic E-state index is 0.0234. The van der Waals surface area contributed by atoms with Crippen LogP contribution in [-0.4, -0.2) is 126 Å². The molecule has 1 unspecified atom stereocenters. The fraction of sp³-hybridized carbons (Fsp3) is 0.848. The number of fused-ring (bicyclic) bond motifs is 16. The SMILES string of the molecule is CC(=O)NC12CNCCNCC(NC(=S)NCCCCCNC(=O)OCC3[C@H]4CCC#CCC[C@@H]34)(CNCCNC1)CNCCNC2. The number of unbranched alkanes of at least 4 members (excludes halogenated alkanes) is 2. The van der Waals surface area contributed by atoms with E-state index < -0.39 is 5.54 Å². The summed E-state index contributed by atoms with van der Waals surface area (Å²) < 4.78 is 5.53. The number of hydrogen-bond acceptors (Lipinski definition) is 10. The molecule has 3 aliphatic heterocycles. The first-order valence-electron chi connectivity index (χ1n) is 17.9. The summed E-state index contributed by atoms with van der Waals surface area (Å²) in [5.41, 5.74) is -0.733. The fourth-order valence-corrected chi connectivity index (χ4v) is 7.44. The molecular weight excluding hydrogens is 616 g/mol. The Bertz CT molecular complexity index is 992. The molecule has 4 fully saturated rings. The quantitative estimate of drug-likeness (QED) is 0.0779. The molecule has 2 amide bonds. The molecule has 3 saturated heterocycles. The van der Waals surface area contributed by atoms with Crippen LogP contribution in [0.5, 0.6) is 0 Å². The van der Waals surface area contributed by atoms with Crippen molar-refractivity contribution in [2.24, 2.45) is 17.8 Å². The summed E-state index contributed by atoms with van der Waals surface area (Å²) in [5.74, 6) is 8.33. The number of amides is 2. The maximum atomic E-state index is 12.2. The third-order valence-electron chi connectivity index (χ3n) is 9.69. The van der Waals surface area contributed by atoms with Gasteiger partial charge in [-0.25, -0.2) is 4.79 Å². The van der Waals surface area contributed by atoms with Crippen LogP contribution in [0.15, 0.2) is 0 Å². The summed E-state index contributed by atoms with van der Waals surface area (Å²) in [5, 5.41) is 35.3. The average molecular weight is 677 g/mol.